The normalized spacial score (nSPS) is 24.3. The molecule has 2 unspecified atom stereocenters. The lowest BCUT2D eigenvalue weighted by molar-refractivity contribution is -0.145. The van der Waals surface area contributed by atoms with Gasteiger partial charge in [-0.05, 0) is 20.4 Å². The first kappa shape index (κ1) is 20.0. The fraction of sp³-hybridized carbons (Fsp3) is 0.833. The van der Waals surface area contributed by atoms with Crippen LogP contribution in [0.25, 0.3) is 0 Å². The first-order chi connectivity index (χ1) is 10.5. The topological polar surface area (TPSA) is 143 Å². The Morgan fingerprint density at radius 3 is 2.43 bits per heavy atom. The van der Waals surface area contributed by atoms with Crippen LogP contribution in [0.3, 0.4) is 0 Å². The standard InChI is InChI=1S/C12H22NO9P/c1-4-13(5-9(14)15)10(11(16)17)23(18,19)21-7-8-6-20-12(2,3)22-8/h8,10H,4-7H2,1-3H3,(H,14,15)(H,16,17)(H,18,19)/t8-,10?/m1/s1. The lowest BCUT2D eigenvalue weighted by Gasteiger charge is -2.29. The van der Waals surface area contributed by atoms with Gasteiger partial charge in [-0.25, -0.2) is 4.79 Å². The Bertz CT molecular complexity index is 495. The van der Waals surface area contributed by atoms with Gasteiger partial charge < -0.3 is 29.1 Å². The van der Waals surface area contributed by atoms with Gasteiger partial charge >= 0.3 is 19.5 Å². The van der Waals surface area contributed by atoms with Crippen LogP contribution in [0.2, 0.25) is 0 Å². The molecule has 1 heterocycles. The van der Waals surface area contributed by atoms with Crippen LogP contribution in [0, 0.1) is 0 Å². The molecule has 0 aliphatic carbocycles. The fourth-order valence-corrected chi connectivity index (χ4v) is 3.61. The van der Waals surface area contributed by atoms with Crippen LogP contribution >= 0.6 is 7.60 Å². The molecule has 11 heteroatoms. The van der Waals surface area contributed by atoms with Crippen molar-refractivity contribution in [3.05, 3.63) is 0 Å². The summed E-state index contributed by atoms with van der Waals surface area (Å²) in [5, 5.41) is 18.0. The summed E-state index contributed by atoms with van der Waals surface area (Å²) in [6.45, 7) is 3.86. The van der Waals surface area contributed by atoms with Crippen molar-refractivity contribution < 1.29 is 43.3 Å². The van der Waals surface area contributed by atoms with E-state index in [9.17, 15) is 24.2 Å². The molecule has 1 aliphatic heterocycles. The summed E-state index contributed by atoms with van der Waals surface area (Å²) >= 11 is 0. The molecule has 3 atom stereocenters. The minimum atomic E-state index is -4.65. The smallest absolute Gasteiger partial charge is 0.356 e. The van der Waals surface area contributed by atoms with Crippen molar-refractivity contribution in [2.45, 2.75) is 38.4 Å². The van der Waals surface area contributed by atoms with E-state index in [-0.39, 0.29) is 19.8 Å². The Hall–Kier alpha value is -1.03. The zero-order valence-electron chi connectivity index (χ0n) is 13.2. The highest BCUT2D eigenvalue weighted by molar-refractivity contribution is 7.54. The maximum atomic E-state index is 12.3. The Morgan fingerprint density at radius 2 is 2.04 bits per heavy atom. The largest absolute Gasteiger partial charge is 0.480 e. The first-order valence-corrected chi connectivity index (χ1v) is 8.60. The monoisotopic (exact) mass is 355 g/mol. The maximum absolute atomic E-state index is 12.3. The molecule has 1 fully saturated rings. The van der Waals surface area contributed by atoms with Gasteiger partial charge in [0.15, 0.2) is 5.79 Å². The summed E-state index contributed by atoms with van der Waals surface area (Å²) in [6.07, 6.45) is -0.616. The van der Waals surface area contributed by atoms with Crippen LogP contribution < -0.4 is 0 Å². The zero-order valence-corrected chi connectivity index (χ0v) is 14.1. The molecule has 134 valence electrons. The summed E-state index contributed by atoms with van der Waals surface area (Å²) in [7, 11) is -4.65. The van der Waals surface area contributed by atoms with E-state index in [4.69, 9.17) is 19.1 Å². The van der Waals surface area contributed by atoms with Crippen LogP contribution in [0.15, 0.2) is 0 Å². The second-order valence-electron chi connectivity index (χ2n) is 5.48. The molecule has 0 aromatic rings. The Balaban J connectivity index is 2.77. The summed E-state index contributed by atoms with van der Waals surface area (Å²) in [5.41, 5.74) is 0. The summed E-state index contributed by atoms with van der Waals surface area (Å²) in [6, 6.07) is 0. The highest BCUT2D eigenvalue weighted by Crippen LogP contribution is 2.49. The fourth-order valence-electron chi connectivity index (χ4n) is 2.15. The molecule has 0 aromatic heterocycles. The average Bonchev–Trinajstić information content (AvgIpc) is 2.74. The van der Waals surface area contributed by atoms with E-state index >= 15 is 0 Å². The molecule has 23 heavy (non-hydrogen) atoms. The number of rotatable bonds is 9. The van der Waals surface area contributed by atoms with Gasteiger partial charge in [0.25, 0.3) is 0 Å². The van der Waals surface area contributed by atoms with Crippen LogP contribution in [-0.2, 0) is 28.2 Å². The van der Waals surface area contributed by atoms with Crippen molar-refractivity contribution in [1.82, 2.24) is 4.90 Å². The van der Waals surface area contributed by atoms with Crippen LogP contribution in [0.4, 0.5) is 0 Å². The van der Waals surface area contributed by atoms with Gasteiger partial charge in [-0.2, -0.15) is 0 Å². The molecule has 10 nitrogen and oxygen atoms in total. The highest BCUT2D eigenvalue weighted by atomic mass is 31.2. The molecular weight excluding hydrogens is 333 g/mol. The molecule has 0 aromatic carbocycles. The molecule has 0 amide bonds. The van der Waals surface area contributed by atoms with Crippen LogP contribution in [0.1, 0.15) is 20.8 Å². The lowest BCUT2D eigenvalue weighted by atomic mass is 10.4. The molecular formula is C12H22NO9P. The first-order valence-electron chi connectivity index (χ1n) is 6.96. The molecule has 0 bridgehead atoms. The van der Waals surface area contributed by atoms with Crippen molar-refractivity contribution >= 4 is 19.5 Å². The second kappa shape index (κ2) is 7.69. The number of hydrogen-bond acceptors (Lipinski definition) is 7. The summed E-state index contributed by atoms with van der Waals surface area (Å²) < 4.78 is 27.8. The van der Waals surface area contributed by atoms with Crippen molar-refractivity contribution in [3.8, 4) is 0 Å². The third-order valence-electron chi connectivity index (χ3n) is 3.13. The van der Waals surface area contributed by atoms with E-state index in [2.05, 4.69) is 0 Å². The number of carbonyl (C=O) groups is 2. The van der Waals surface area contributed by atoms with Gasteiger partial charge in [0.2, 0.25) is 5.78 Å². The number of aliphatic carboxylic acids is 2. The second-order valence-corrected chi connectivity index (χ2v) is 7.35. The van der Waals surface area contributed by atoms with Crippen molar-refractivity contribution in [2.24, 2.45) is 0 Å². The molecule has 3 N–H and O–H groups in total. The van der Waals surface area contributed by atoms with Crippen molar-refractivity contribution in [3.63, 3.8) is 0 Å². The van der Waals surface area contributed by atoms with E-state index in [0.29, 0.717) is 0 Å². The molecule has 0 spiro atoms. The zero-order chi connectivity index (χ0) is 17.8. The van der Waals surface area contributed by atoms with Gasteiger partial charge in [0.05, 0.1) is 19.8 Å². The van der Waals surface area contributed by atoms with Gasteiger partial charge in [-0.3, -0.25) is 14.3 Å². The van der Waals surface area contributed by atoms with Gasteiger partial charge in [0, 0.05) is 0 Å². The quantitative estimate of drug-likeness (QED) is 0.489. The predicted molar refractivity (Wildman–Crippen MR) is 77.0 cm³/mol. The Morgan fingerprint density at radius 1 is 1.43 bits per heavy atom. The molecule has 1 saturated heterocycles. The SMILES string of the molecule is CCN(CC(=O)O)C(C(=O)O)P(=O)(O)OC[C@H]1COC(C)(C)O1. The van der Waals surface area contributed by atoms with E-state index in [0.717, 1.165) is 4.90 Å². The molecule has 0 radical (unpaired) electrons. The molecule has 1 aliphatic rings. The van der Waals surface area contributed by atoms with E-state index in [1.807, 2.05) is 0 Å². The van der Waals surface area contributed by atoms with Crippen molar-refractivity contribution in [1.29, 1.82) is 0 Å². The summed E-state index contributed by atoms with van der Waals surface area (Å²) in [5.74, 6) is -5.77. The number of nitrogens with zero attached hydrogens (tertiary/aromatic N) is 1. The van der Waals surface area contributed by atoms with E-state index in [1.54, 1.807) is 13.8 Å². The molecule has 0 saturated carbocycles. The van der Waals surface area contributed by atoms with E-state index in [1.165, 1.54) is 6.92 Å². The minimum absolute atomic E-state index is 0.0484. The van der Waals surface area contributed by atoms with E-state index < -0.39 is 43.8 Å². The number of carboxylic acid groups (broad SMARTS) is 2. The minimum Gasteiger partial charge on any atom is -0.480 e. The Kier molecular flexibility index (Phi) is 6.70. The average molecular weight is 355 g/mol. The van der Waals surface area contributed by atoms with Gasteiger partial charge in [-0.15, -0.1) is 0 Å². The highest BCUT2D eigenvalue weighted by Gasteiger charge is 2.44. The van der Waals surface area contributed by atoms with Crippen LogP contribution in [-0.4, -0.2) is 75.9 Å². The summed E-state index contributed by atoms with van der Waals surface area (Å²) in [4.78, 5) is 32.9. The third-order valence-corrected chi connectivity index (χ3v) is 4.82. The number of ether oxygens (including phenoxy) is 2. The van der Waals surface area contributed by atoms with Crippen LogP contribution in [0.5, 0.6) is 0 Å². The predicted octanol–water partition coefficient (Wildman–Crippen LogP) is 0.157. The lowest BCUT2D eigenvalue weighted by Crippen LogP contribution is -2.44. The number of likely N-dealkylation sites (N-methyl/N-ethyl adjacent to an activating group) is 1. The number of hydrogen-bond donors (Lipinski definition) is 3. The Labute approximate surface area is 133 Å². The van der Waals surface area contributed by atoms with Gasteiger partial charge in [0.1, 0.15) is 6.10 Å². The van der Waals surface area contributed by atoms with Crippen molar-refractivity contribution in [2.75, 3.05) is 26.3 Å². The molecule has 1 rings (SSSR count). The van der Waals surface area contributed by atoms with Gasteiger partial charge in [-0.1, -0.05) is 6.92 Å². The third kappa shape index (κ3) is 5.83. The number of carboxylic acids is 2. The maximum Gasteiger partial charge on any atom is 0.356 e.